The Balaban J connectivity index is 1.99. The van der Waals surface area contributed by atoms with Gasteiger partial charge in [-0.15, -0.1) is 11.6 Å². The maximum atomic E-state index is 12.4. The van der Waals surface area contributed by atoms with Crippen LogP contribution in [0.2, 0.25) is 0 Å². The fraction of sp³-hybridized carbons (Fsp3) is 0.500. The molecule has 0 bridgehead atoms. The number of para-hydroxylation sites is 1. The van der Waals surface area contributed by atoms with Gasteiger partial charge in [0.05, 0.1) is 11.0 Å². The van der Waals surface area contributed by atoms with Crippen molar-refractivity contribution in [2.75, 3.05) is 32.1 Å². The Bertz CT molecular complexity index is 566. The first-order valence-electron chi connectivity index (χ1n) is 7.29. The monoisotopic (exact) mass is 324 g/mol. The molecule has 120 valence electrons. The minimum atomic E-state index is -0.592. The molecule has 0 aliphatic carbocycles. The SMILES string of the molecule is CC(C)(CCl)C(=O)N1CCN(C(=O)c2ccccc2O)CC1. The lowest BCUT2D eigenvalue weighted by Crippen LogP contribution is -2.53. The van der Waals surface area contributed by atoms with E-state index in [2.05, 4.69) is 0 Å². The lowest BCUT2D eigenvalue weighted by Gasteiger charge is -2.38. The normalized spacial score (nSPS) is 15.8. The molecule has 1 N–H and O–H groups in total. The third-order valence-electron chi connectivity index (χ3n) is 3.90. The number of phenols is 1. The molecule has 0 radical (unpaired) electrons. The second-order valence-electron chi connectivity index (χ2n) is 6.12. The minimum absolute atomic E-state index is 0.0113. The van der Waals surface area contributed by atoms with E-state index in [-0.39, 0.29) is 23.4 Å². The molecular formula is C16H21ClN2O3. The average molecular weight is 325 g/mol. The Morgan fingerprint density at radius 2 is 1.68 bits per heavy atom. The molecule has 1 fully saturated rings. The number of halogens is 1. The highest BCUT2D eigenvalue weighted by atomic mass is 35.5. The van der Waals surface area contributed by atoms with Crippen LogP contribution >= 0.6 is 11.6 Å². The molecule has 1 saturated heterocycles. The summed E-state index contributed by atoms with van der Waals surface area (Å²) in [7, 11) is 0. The maximum absolute atomic E-state index is 12.4. The number of phenolic OH excluding ortho intramolecular Hbond substituents is 1. The third-order valence-corrected chi connectivity index (χ3v) is 4.57. The fourth-order valence-electron chi connectivity index (χ4n) is 2.42. The molecule has 6 heteroatoms. The highest BCUT2D eigenvalue weighted by Gasteiger charge is 2.34. The second kappa shape index (κ2) is 6.57. The molecule has 1 heterocycles. The summed E-state index contributed by atoms with van der Waals surface area (Å²) in [6.07, 6.45) is 0. The number of carbonyl (C=O) groups excluding carboxylic acids is 2. The summed E-state index contributed by atoms with van der Waals surface area (Å²) in [5.74, 6) is 0.0521. The first kappa shape index (κ1) is 16.6. The fourth-order valence-corrected chi connectivity index (χ4v) is 2.54. The molecule has 2 amide bonds. The Hall–Kier alpha value is -1.75. The van der Waals surface area contributed by atoms with E-state index in [9.17, 15) is 14.7 Å². The third kappa shape index (κ3) is 3.35. The van der Waals surface area contributed by atoms with Gasteiger partial charge in [0.25, 0.3) is 5.91 Å². The smallest absolute Gasteiger partial charge is 0.257 e. The molecule has 2 rings (SSSR count). The Morgan fingerprint density at radius 1 is 1.14 bits per heavy atom. The van der Waals surface area contributed by atoms with E-state index in [4.69, 9.17) is 11.6 Å². The predicted molar refractivity (Wildman–Crippen MR) is 85.1 cm³/mol. The van der Waals surface area contributed by atoms with Gasteiger partial charge in [0.15, 0.2) is 0 Å². The van der Waals surface area contributed by atoms with Crippen LogP contribution in [0, 0.1) is 5.41 Å². The molecule has 0 aromatic heterocycles. The average Bonchev–Trinajstić information content (AvgIpc) is 2.54. The lowest BCUT2D eigenvalue weighted by molar-refractivity contribution is -0.140. The number of aromatic hydroxyl groups is 1. The van der Waals surface area contributed by atoms with E-state index in [1.165, 1.54) is 6.07 Å². The summed E-state index contributed by atoms with van der Waals surface area (Å²) in [6, 6.07) is 6.49. The largest absolute Gasteiger partial charge is 0.507 e. The van der Waals surface area contributed by atoms with Crippen molar-refractivity contribution < 1.29 is 14.7 Å². The van der Waals surface area contributed by atoms with Crippen LogP contribution in [-0.4, -0.2) is 58.8 Å². The van der Waals surface area contributed by atoms with Crippen LogP contribution in [0.3, 0.4) is 0 Å². The number of piperazine rings is 1. The van der Waals surface area contributed by atoms with Gasteiger partial charge in [-0.25, -0.2) is 0 Å². The topological polar surface area (TPSA) is 60.9 Å². The molecule has 0 atom stereocenters. The molecule has 1 aromatic carbocycles. The number of alkyl halides is 1. The number of amides is 2. The van der Waals surface area contributed by atoms with Crippen molar-refractivity contribution in [3.63, 3.8) is 0 Å². The van der Waals surface area contributed by atoms with E-state index in [1.807, 2.05) is 13.8 Å². The van der Waals surface area contributed by atoms with Crippen LogP contribution in [0.1, 0.15) is 24.2 Å². The maximum Gasteiger partial charge on any atom is 0.257 e. The number of hydrogen-bond donors (Lipinski definition) is 1. The number of carbonyl (C=O) groups is 2. The first-order chi connectivity index (χ1) is 10.4. The lowest BCUT2D eigenvalue weighted by atomic mass is 9.94. The van der Waals surface area contributed by atoms with Gasteiger partial charge >= 0.3 is 0 Å². The van der Waals surface area contributed by atoms with Gasteiger partial charge < -0.3 is 14.9 Å². The van der Waals surface area contributed by atoms with Crippen molar-refractivity contribution >= 4 is 23.4 Å². The molecular weight excluding hydrogens is 304 g/mol. The molecule has 0 unspecified atom stereocenters. The van der Waals surface area contributed by atoms with Crippen molar-refractivity contribution in [1.29, 1.82) is 0 Å². The first-order valence-corrected chi connectivity index (χ1v) is 7.83. The summed E-state index contributed by atoms with van der Waals surface area (Å²) in [5.41, 5.74) is -0.297. The van der Waals surface area contributed by atoms with Crippen molar-refractivity contribution in [2.45, 2.75) is 13.8 Å². The van der Waals surface area contributed by atoms with E-state index >= 15 is 0 Å². The van der Waals surface area contributed by atoms with Crippen LogP contribution in [0.4, 0.5) is 0 Å². The van der Waals surface area contributed by atoms with Crippen molar-refractivity contribution in [3.05, 3.63) is 29.8 Å². The zero-order valence-corrected chi connectivity index (χ0v) is 13.6. The number of nitrogens with zero attached hydrogens (tertiary/aromatic N) is 2. The van der Waals surface area contributed by atoms with Crippen molar-refractivity contribution in [2.24, 2.45) is 5.41 Å². The summed E-state index contributed by atoms with van der Waals surface area (Å²) >= 11 is 5.84. The van der Waals surface area contributed by atoms with Gasteiger partial charge in [0.1, 0.15) is 5.75 Å². The van der Waals surface area contributed by atoms with Gasteiger partial charge in [-0.1, -0.05) is 12.1 Å². The van der Waals surface area contributed by atoms with Gasteiger partial charge in [0, 0.05) is 32.1 Å². The second-order valence-corrected chi connectivity index (χ2v) is 6.39. The quantitative estimate of drug-likeness (QED) is 0.864. The Morgan fingerprint density at radius 3 is 2.23 bits per heavy atom. The van der Waals surface area contributed by atoms with Gasteiger partial charge in [-0.3, -0.25) is 9.59 Å². The zero-order valence-electron chi connectivity index (χ0n) is 12.9. The van der Waals surface area contributed by atoms with Gasteiger partial charge in [-0.05, 0) is 26.0 Å². The number of benzene rings is 1. The van der Waals surface area contributed by atoms with E-state index in [0.29, 0.717) is 31.7 Å². The van der Waals surface area contributed by atoms with E-state index in [0.717, 1.165) is 0 Å². The van der Waals surface area contributed by atoms with Crippen molar-refractivity contribution in [1.82, 2.24) is 9.80 Å². The predicted octanol–water partition coefficient (Wildman–Crippen LogP) is 1.94. The minimum Gasteiger partial charge on any atom is -0.507 e. The van der Waals surface area contributed by atoms with E-state index in [1.54, 1.807) is 28.0 Å². The molecule has 1 aromatic rings. The molecule has 5 nitrogen and oxygen atoms in total. The number of hydrogen-bond acceptors (Lipinski definition) is 3. The highest BCUT2D eigenvalue weighted by Crippen LogP contribution is 2.23. The summed E-state index contributed by atoms with van der Waals surface area (Å²) in [4.78, 5) is 28.1. The summed E-state index contributed by atoms with van der Waals surface area (Å²) < 4.78 is 0. The van der Waals surface area contributed by atoms with E-state index < -0.39 is 5.41 Å². The molecule has 1 aliphatic rings. The van der Waals surface area contributed by atoms with Crippen molar-refractivity contribution in [3.8, 4) is 5.75 Å². The molecule has 1 aliphatic heterocycles. The van der Waals surface area contributed by atoms with Crippen LogP contribution in [-0.2, 0) is 4.79 Å². The van der Waals surface area contributed by atoms with Crippen LogP contribution in [0.25, 0.3) is 0 Å². The van der Waals surface area contributed by atoms with Crippen LogP contribution in [0.5, 0.6) is 5.75 Å². The van der Waals surface area contributed by atoms with Gasteiger partial charge in [-0.2, -0.15) is 0 Å². The standard InChI is InChI=1S/C16H21ClN2O3/c1-16(2,11-17)15(22)19-9-7-18(8-10-19)14(21)12-5-3-4-6-13(12)20/h3-6,20H,7-11H2,1-2H3. The molecule has 0 saturated carbocycles. The molecule has 22 heavy (non-hydrogen) atoms. The Kier molecular flexibility index (Phi) is 4.96. The van der Waals surface area contributed by atoms with Gasteiger partial charge in [0.2, 0.25) is 5.91 Å². The number of rotatable bonds is 3. The summed E-state index contributed by atoms with van der Waals surface area (Å²) in [5, 5.41) is 9.76. The molecule has 0 spiro atoms. The zero-order chi connectivity index (χ0) is 16.3. The Labute approximate surface area is 135 Å². The van der Waals surface area contributed by atoms with Crippen LogP contribution < -0.4 is 0 Å². The van der Waals surface area contributed by atoms with Crippen LogP contribution in [0.15, 0.2) is 24.3 Å². The highest BCUT2D eigenvalue weighted by molar-refractivity contribution is 6.19. The summed E-state index contributed by atoms with van der Waals surface area (Å²) in [6.45, 7) is 5.52.